The SMILES string of the molecule is CCCCOC(=O)c1ccc(OCC(=O)N[C@](C)(C#N)C(C)C)cc1. The summed E-state index contributed by atoms with van der Waals surface area (Å²) in [7, 11) is 0. The van der Waals surface area contributed by atoms with Crippen molar-refractivity contribution in [3.8, 4) is 11.8 Å². The third-order valence-corrected chi connectivity index (χ3v) is 3.98. The molecule has 1 aromatic rings. The van der Waals surface area contributed by atoms with Gasteiger partial charge in [-0.1, -0.05) is 27.2 Å². The molecule has 1 N–H and O–H groups in total. The van der Waals surface area contributed by atoms with E-state index >= 15 is 0 Å². The van der Waals surface area contributed by atoms with Crippen LogP contribution in [0, 0.1) is 17.2 Å². The molecule has 0 spiro atoms. The van der Waals surface area contributed by atoms with Gasteiger partial charge in [-0.15, -0.1) is 0 Å². The summed E-state index contributed by atoms with van der Waals surface area (Å²) in [6.45, 7) is 7.63. The summed E-state index contributed by atoms with van der Waals surface area (Å²) in [6, 6.07) is 8.51. The maximum atomic E-state index is 12.0. The molecule has 0 aliphatic rings. The lowest BCUT2D eigenvalue weighted by atomic mass is 9.90. The van der Waals surface area contributed by atoms with Crippen LogP contribution < -0.4 is 10.1 Å². The number of hydrogen-bond acceptors (Lipinski definition) is 5. The van der Waals surface area contributed by atoms with Crippen LogP contribution in [0.5, 0.6) is 5.75 Å². The van der Waals surface area contributed by atoms with Crippen molar-refractivity contribution < 1.29 is 19.1 Å². The van der Waals surface area contributed by atoms with Gasteiger partial charge in [0.2, 0.25) is 0 Å². The summed E-state index contributed by atoms with van der Waals surface area (Å²) in [4.78, 5) is 23.7. The van der Waals surface area contributed by atoms with E-state index < -0.39 is 5.54 Å². The summed E-state index contributed by atoms with van der Waals surface area (Å²) in [5, 5.41) is 11.9. The molecule has 0 unspecified atom stereocenters. The molecule has 1 amide bonds. The molecule has 0 heterocycles. The van der Waals surface area contributed by atoms with Gasteiger partial charge in [0.25, 0.3) is 5.91 Å². The third kappa shape index (κ3) is 6.46. The molecular formula is C19H26N2O4. The average molecular weight is 346 g/mol. The Balaban J connectivity index is 2.52. The highest BCUT2D eigenvalue weighted by atomic mass is 16.5. The van der Waals surface area contributed by atoms with Crippen LogP contribution in [0.15, 0.2) is 24.3 Å². The first kappa shape index (κ1) is 20.5. The first-order valence-corrected chi connectivity index (χ1v) is 8.44. The van der Waals surface area contributed by atoms with Crippen LogP contribution in [0.2, 0.25) is 0 Å². The van der Waals surface area contributed by atoms with E-state index in [1.54, 1.807) is 31.2 Å². The Labute approximate surface area is 149 Å². The Hall–Kier alpha value is -2.55. The summed E-state index contributed by atoms with van der Waals surface area (Å²) in [6.07, 6.45) is 1.80. The average Bonchev–Trinajstić information content (AvgIpc) is 2.60. The fourth-order valence-corrected chi connectivity index (χ4v) is 1.86. The third-order valence-electron chi connectivity index (χ3n) is 3.98. The number of ether oxygens (including phenoxy) is 2. The minimum atomic E-state index is -0.938. The maximum absolute atomic E-state index is 12.0. The molecule has 0 bridgehead atoms. The topological polar surface area (TPSA) is 88.4 Å². The molecule has 6 heteroatoms. The van der Waals surface area contributed by atoms with Crippen LogP contribution in [0.25, 0.3) is 0 Å². The van der Waals surface area contributed by atoms with E-state index in [1.807, 2.05) is 20.8 Å². The molecule has 0 saturated carbocycles. The molecule has 0 fully saturated rings. The van der Waals surface area contributed by atoms with Crippen LogP contribution in [0.3, 0.4) is 0 Å². The van der Waals surface area contributed by atoms with Crippen LogP contribution in [-0.4, -0.2) is 30.6 Å². The van der Waals surface area contributed by atoms with Crippen molar-refractivity contribution in [3.05, 3.63) is 29.8 Å². The molecule has 0 aliphatic carbocycles. The van der Waals surface area contributed by atoms with Crippen molar-refractivity contribution in [3.63, 3.8) is 0 Å². The van der Waals surface area contributed by atoms with Crippen LogP contribution in [-0.2, 0) is 9.53 Å². The highest BCUT2D eigenvalue weighted by molar-refractivity contribution is 5.89. The molecule has 25 heavy (non-hydrogen) atoms. The number of unbranched alkanes of at least 4 members (excludes halogenated alkanes) is 1. The van der Waals surface area contributed by atoms with Crippen molar-refractivity contribution >= 4 is 11.9 Å². The first-order valence-electron chi connectivity index (χ1n) is 8.44. The highest BCUT2D eigenvalue weighted by Gasteiger charge is 2.29. The van der Waals surface area contributed by atoms with E-state index in [9.17, 15) is 14.9 Å². The number of carbonyl (C=O) groups is 2. The molecule has 0 radical (unpaired) electrons. The molecular weight excluding hydrogens is 320 g/mol. The Bertz CT molecular complexity index is 619. The lowest BCUT2D eigenvalue weighted by molar-refractivity contribution is -0.124. The maximum Gasteiger partial charge on any atom is 0.338 e. The van der Waals surface area contributed by atoms with Gasteiger partial charge in [-0.3, -0.25) is 4.79 Å². The van der Waals surface area contributed by atoms with Gasteiger partial charge in [-0.05, 0) is 43.5 Å². The molecule has 1 aromatic carbocycles. The lowest BCUT2D eigenvalue weighted by Crippen LogP contribution is -2.50. The summed E-state index contributed by atoms with van der Waals surface area (Å²) < 4.78 is 10.5. The Morgan fingerprint density at radius 3 is 2.44 bits per heavy atom. The smallest absolute Gasteiger partial charge is 0.338 e. The van der Waals surface area contributed by atoms with Gasteiger partial charge in [-0.25, -0.2) is 4.79 Å². The zero-order valence-corrected chi connectivity index (χ0v) is 15.3. The predicted molar refractivity (Wildman–Crippen MR) is 94.1 cm³/mol. The summed E-state index contributed by atoms with van der Waals surface area (Å²) in [5.41, 5.74) is -0.503. The predicted octanol–water partition coefficient (Wildman–Crippen LogP) is 3.08. The second kappa shape index (κ2) is 9.67. The Kier molecular flexibility index (Phi) is 7.93. The van der Waals surface area contributed by atoms with Crippen LogP contribution >= 0.6 is 0 Å². The van der Waals surface area contributed by atoms with E-state index in [1.165, 1.54) is 0 Å². The van der Waals surface area contributed by atoms with E-state index in [0.29, 0.717) is 17.9 Å². The zero-order chi connectivity index (χ0) is 18.9. The number of nitriles is 1. The number of nitrogens with zero attached hydrogens (tertiary/aromatic N) is 1. The minimum absolute atomic E-state index is 0.0283. The number of carbonyl (C=O) groups excluding carboxylic acids is 2. The number of esters is 1. The van der Waals surface area contributed by atoms with E-state index in [2.05, 4.69) is 11.4 Å². The molecule has 0 saturated heterocycles. The molecule has 6 nitrogen and oxygen atoms in total. The fraction of sp³-hybridized carbons (Fsp3) is 0.526. The van der Waals surface area contributed by atoms with Gasteiger partial charge >= 0.3 is 5.97 Å². The standard InChI is InChI=1S/C19H26N2O4/c1-5-6-11-24-18(23)15-7-9-16(10-8-15)25-12-17(22)21-19(4,13-20)14(2)3/h7-10,14H,5-6,11-12H2,1-4H3,(H,21,22)/t19-/m1/s1. The number of hydrogen-bond donors (Lipinski definition) is 1. The van der Waals surface area contributed by atoms with E-state index in [4.69, 9.17) is 9.47 Å². The number of nitrogens with one attached hydrogen (secondary N) is 1. The van der Waals surface area contributed by atoms with Gasteiger partial charge < -0.3 is 14.8 Å². The number of benzene rings is 1. The largest absolute Gasteiger partial charge is 0.484 e. The molecule has 0 aliphatic heterocycles. The van der Waals surface area contributed by atoms with Gasteiger partial charge in [-0.2, -0.15) is 5.26 Å². The molecule has 0 aromatic heterocycles. The first-order chi connectivity index (χ1) is 11.8. The molecule has 136 valence electrons. The Morgan fingerprint density at radius 2 is 1.92 bits per heavy atom. The molecule has 1 atom stereocenters. The lowest BCUT2D eigenvalue weighted by Gasteiger charge is -2.27. The quantitative estimate of drug-likeness (QED) is 0.548. The van der Waals surface area contributed by atoms with Crippen LogP contribution in [0.4, 0.5) is 0 Å². The zero-order valence-electron chi connectivity index (χ0n) is 15.3. The molecule has 1 rings (SSSR count). The number of rotatable bonds is 9. The highest BCUT2D eigenvalue weighted by Crippen LogP contribution is 2.16. The summed E-state index contributed by atoms with van der Waals surface area (Å²) >= 11 is 0. The summed E-state index contributed by atoms with van der Waals surface area (Å²) in [5.74, 6) is -0.316. The van der Waals surface area contributed by atoms with Crippen molar-refractivity contribution in [2.45, 2.75) is 46.1 Å². The monoisotopic (exact) mass is 346 g/mol. The Morgan fingerprint density at radius 1 is 1.28 bits per heavy atom. The van der Waals surface area contributed by atoms with Crippen molar-refractivity contribution in [2.75, 3.05) is 13.2 Å². The van der Waals surface area contributed by atoms with Crippen molar-refractivity contribution in [2.24, 2.45) is 5.92 Å². The minimum Gasteiger partial charge on any atom is -0.484 e. The second-order valence-corrected chi connectivity index (χ2v) is 6.32. The van der Waals surface area contributed by atoms with Crippen LogP contribution in [0.1, 0.15) is 50.9 Å². The van der Waals surface area contributed by atoms with Gasteiger partial charge in [0, 0.05) is 0 Å². The van der Waals surface area contributed by atoms with E-state index in [-0.39, 0.29) is 24.4 Å². The van der Waals surface area contributed by atoms with E-state index in [0.717, 1.165) is 12.8 Å². The van der Waals surface area contributed by atoms with Gasteiger partial charge in [0.1, 0.15) is 11.3 Å². The van der Waals surface area contributed by atoms with Crippen molar-refractivity contribution in [1.82, 2.24) is 5.32 Å². The van der Waals surface area contributed by atoms with Gasteiger partial charge in [0.05, 0.1) is 18.2 Å². The fourth-order valence-electron chi connectivity index (χ4n) is 1.86. The van der Waals surface area contributed by atoms with Crippen molar-refractivity contribution in [1.29, 1.82) is 5.26 Å². The number of amides is 1. The van der Waals surface area contributed by atoms with Gasteiger partial charge in [0.15, 0.2) is 6.61 Å². The second-order valence-electron chi connectivity index (χ2n) is 6.32. The normalized spacial score (nSPS) is 12.8.